The molecule has 3 nitrogen and oxygen atoms in total. The molecule has 3 N–H and O–H groups in total. The molecule has 4 heteroatoms. The molecule has 0 spiro atoms. The van der Waals surface area contributed by atoms with Crippen molar-refractivity contribution < 1.29 is 0 Å². The average Bonchev–Trinajstić information content (AvgIpc) is 2.76. The van der Waals surface area contributed by atoms with Crippen molar-refractivity contribution in [2.24, 2.45) is 5.73 Å². The van der Waals surface area contributed by atoms with Gasteiger partial charge in [-0.3, -0.25) is 5.01 Å². The summed E-state index contributed by atoms with van der Waals surface area (Å²) in [5.74, 6) is 1.02. The van der Waals surface area contributed by atoms with E-state index < -0.39 is 0 Å². The van der Waals surface area contributed by atoms with Gasteiger partial charge in [-0.2, -0.15) is 0 Å². The molecule has 0 radical (unpaired) electrons. The predicted octanol–water partition coefficient (Wildman–Crippen LogP) is 2.29. The Kier molecular flexibility index (Phi) is 3.50. The molecular formula is C14H21N3S. The van der Waals surface area contributed by atoms with Gasteiger partial charge in [0.15, 0.2) is 0 Å². The zero-order chi connectivity index (χ0) is 12.5. The number of thioether (sulfide) groups is 1. The SMILES string of the molecule is CCCNN1CSc2cc3c(cc21)CCC(N)C3. The van der Waals surface area contributed by atoms with Crippen molar-refractivity contribution in [2.45, 2.75) is 43.5 Å². The molecule has 18 heavy (non-hydrogen) atoms. The van der Waals surface area contributed by atoms with Crippen molar-refractivity contribution in [3.05, 3.63) is 23.3 Å². The molecule has 1 aromatic rings. The number of rotatable bonds is 3. The van der Waals surface area contributed by atoms with Crippen LogP contribution in [0.2, 0.25) is 0 Å². The van der Waals surface area contributed by atoms with Crippen LogP contribution < -0.4 is 16.2 Å². The molecule has 1 aromatic carbocycles. The maximum atomic E-state index is 6.06. The van der Waals surface area contributed by atoms with Crippen LogP contribution in [0.5, 0.6) is 0 Å². The summed E-state index contributed by atoms with van der Waals surface area (Å²) in [6.45, 7) is 3.24. The first-order valence-electron chi connectivity index (χ1n) is 6.83. The molecular weight excluding hydrogens is 242 g/mol. The second-order valence-corrected chi connectivity index (χ2v) is 6.19. The lowest BCUT2D eigenvalue weighted by molar-refractivity contribution is 0.574. The first kappa shape index (κ1) is 12.3. The van der Waals surface area contributed by atoms with E-state index in [0.29, 0.717) is 6.04 Å². The van der Waals surface area contributed by atoms with Crippen LogP contribution in [0.1, 0.15) is 30.9 Å². The fourth-order valence-corrected chi connectivity index (χ4v) is 3.75. The highest BCUT2D eigenvalue weighted by atomic mass is 32.2. The van der Waals surface area contributed by atoms with Crippen LogP contribution in [-0.4, -0.2) is 18.5 Å². The van der Waals surface area contributed by atoms with Crippen molar-refractivity contribution in [2.75, 3.05) is 17.4 Å². The smallest absolute Gasteiger partial charge is 0.0846 e. The Morgan fingerprint density at radius 3 is 3.17 bits per heavy atom. The van der Waals surface area contributed by atoms with Gasteiger partial charge in [0.1, 0.15) is 0 Å². The zero-order valence-corrected chi connectivity index (χ0v) is 11.7. The lowest BCUT2D eigenvalue weighted by Crippen LogP contribution is -2.36. The molecule has 2 aliphatic rings. The summed E-state index contributed by atoms with van der Waals surface area (Å²) in [5.41, 5.74) is 13.9. The van der Waals surface area contributed by atoms with Crippen LogP contribution in [0.4, 0.5) is 5.69 Å². The standard InChI is InChI=1S/C14H21N3S/c1-2-5-16-17-9-18-14-8-11-6-12(15)4-3-10(11)7-13(14)17/h7-8,12,16H,2-6,9,15H2,1H3. The monoisotopic (exact) mass is 263 g/mol. The number of fused-ring (bicyclic) bond motifs is 2. The summed E-state index contributed by atoms with van der Waals surface area (Å²) >= 11 is 1.92. The van der Waals surface area contributed by atoms with E-state index in [2.05, 4.69) is 29.5 Å². The number of aryl methyl sites for hydroxylation is 1. The quantitative estimate of drug-likeness (QED) is 0.878. The first-order chi connectivity index (χ1) is 8.78. The molecule has 0 amide bonds. The van der Waals surface area contributed by atoms with Crippen molar-refractivity contribution in [3.8, 4) is 0 Å². The summed E-state index contributed by atoms with van der Waals surface area (Å²) in [4.78, 5) is 1.41. The molecule has 98 valence electrons. The fourth-order valence-electron chi connectivity index (χ4n) is 2.71. The molecule has 3 rings (SSSR count). The Morgan fingerprint density at radius 2 is 2.33 bits per heavy atom. The van der Waals surface area contributed by atoms with E-state index in [1.165, 1.54) is 21.7 Å². The van der Waals surface area contributed by atoms with Gasteiger partial charge in [0.25, 0.3) is 0 Å². The summed E-state index contributed by atoms with van der Waals surface area (Å²) in [7, 11) is 0. The minimum absolute atomic E-state index is 0.358. The van der Waals surface area contributed by atoms with Gasteiger partial charge in [0, 0.05) is 17.5 Å². The van der Waals surface area contributed by atoms with E-state index in [9.17, 15) is 0 Å². The highest BCUT2D eigenvalue weighted by molar-refractivity contribution is 7.99. The van der Waals surface area contributed by atoms with Gasteiger partial charge >= 0.3 is 0 Å². The second kappa shape index (κ2) is 5.11. The normalized spacial score (nSPS) is 21.9. The maximum Gasteiger partial charge on any atom is 0.0846 e. The number of nitrogens with zero attached hydrogens (tertiary/aromatic N) is 1. The number of hydrogen-bond donors (Lipinski definition) is 2. The zero-order valence-electron chi connectivity index (χ0n) is 10.9. The van der Waals surface area contributed by atoms with Gasteiger partial charge in [0.2, 0.25) is 0 Å². The van der Waals surface area contributed by atoms with Crippen molar-refractivity contribution in [1.29, 1.82) is 0 Å². The Hall–Kier alpha value is -0.710. The number of hydrazine groups is 1. The number of anilines is 1. The first-order valence-corrected chi connectivity index (χ1v) is 7.81. The predicted molar refractivity (Wildman–Crippen MR) is 77.9 cm³/mol. The molecule has 0 bridgehead atoms. The van der Waals surface area contributed by atoms with Crippen LogP contribution in [0.15, 0.2) is 17.0 Å². The van der Waals surface area contributed by atoms with E-state index in [0.717, 1.165) is 38.1 Å². The topological polar surface area (TPSA) is 41.3 Å². The molecule has 1 heterocycles. The Morgan fingerprint density at radius 1 is 1.44 bits per heavy atom. The summed E-state index contributed by atoms with van der Waals surface area (Å²) in [5, 5.41) is 2.29. The van der Waals surface area contributed by atoms with Crippen molar-refractivity contribution >= 4 is 17.4 Å². The number of nitrogens with two attached hydrogens (primary N) is 1. The second-order valence-electron chi connectivity index (χ2n) is 5.20. The Balaban J connectivity index is 1.86. The minimum Gasteiger partial charge on any atom is -0.327 e. The van der Waals surface area contributed by atoms with Gasteiger partial charge in [0.05, 0.1) is 11.6 Å². The van der Waals surface area contributed by atoms with Gasteiger partial charge in [-0.15, -0.1) is 11.8 Å². The molecule has 0 saturated heterocycles. The van der Waals surface area contributed by atoms with Crippen LogP contribution in [-0.2, 0) is 12.8 Å². The summed E-state index contributed by atoms with van der Waals surface area (Å²) < 4.78 is 0. The summed E-state index contributed by atoms with van der Waals surface area (Å²) in [6.07, 6.45) is 4.47. The van der Waals surface area contributed by atoms with E-state index >= 15 is 0 Å². The largest absolute Gasteiger partial charge is 0.327 e. The van der Waals surface area contributed by atoms with E-state index in [1.807, 2.05) is 11.8 Å². The third-order valence-electron chi connectivity index (χ3n) is 3.74. The van der Waals surface area contributed by atoms with Crippen LogP contribution in [0.25, 0.3) is 0 Å². The maximum absolute atomic E-state index is 6.06. The van der Waals surface area contributed by atoms with Gasteiger partial charge in [-0.05, 0) is 48.9 Å². The number of nitrogens with one attached hydrogen (secondary N) is 1. The lowest BCUT2D eigenvalue weighted by atomic mass is 9.88. The van der Waals surface area contributed by atoms with Crippen LogP contribution >= 0.6 is 11.8 Å². The Labute approximate surface area is 113 Å². The van der Waals surface area contributed by atoms with Crippen molar-refractivity contribution in [3.63, 3.8) is 0 Å². The summed E-state index contributed by atoms with van der Waals surface area (Å²) in [6, 6.07) is 5.09. The van der Waals surface area contributed by atoms with Crippen molar-refractivity contribution in [1.82, 2.24) is 5.43 Å². The van der Waals surface area contributed by atoms with E-state index in [-0.39, 0.29) is 0 Å². The van der Waals surface area contributed by atoms with Gasteiger partial charge in [-0.25, -0.2) is 5.43 Å². The molecule has 0 fully saturated rings. The molecule has 0 aromatic heterocycles. The van der Waals surface area contributed by atoms with Gasteiger partial charge < -0.3 is 5.73 Å². The molecule has 1 aliphatic carbocycles. The Bertz CT molecular complexity index is 447. The number of hydrogen-bond acceptors (Lipinski definition) is 4. The molecule has 1 aliphatic heterocycles. The third-order valence-corrected chi connectivity index (χ3v) is 4.77. The average molecular weight is 263 g/mol. The van der Waals surface area contributed by atoms with Crippen LogP contribution in [0, 0.1) is 0 Å². The number of benzene rings is 1. The molecule has 0 saturated carbocycles. The minimum atomic E-state index is 0.358. The van der Waals surface area contributed by atoms with E-state index in [1.54, 1.807) is 0 Å². The van der Waals surface area contributed by atoms with E-state index in [4.69, 9.17) is 5.73 Å². The fraction of sp³-hybridized carbons (Fsp3) is 0.571. The third kappa shape index (κ3) is 2.25. The van der Waals surface area contributed by atoms with Gasteiger partial charge in [-0.1, -0.05) is 6.92 Å². The highest BCUT2D eigenvalue weighted by Gasteiger charge is 2.24. The van der Waals surface area contributed by atoms with Crippen LogP contribution in [0.3, 0.4) is 0 Å². The lowest BCUT2D eigenvalue weighted by Gasteiger charge is -2.24. The molecule has 1 unspecified atom stereocenters. The highest BCUT2D eigenvalue weighted by Crippen LogP contribution is 2.40. The molecule has 1 atom stereocenters.